The Labute approximate surface area is 111 Å². The molecule has 0 aliphatic carbocycles. The molecule has 2 unspecified atom stereocenters. The Hall–Kier alpha value is -0.610. The van der Waals surface area contributed by atoms with Crippen molar-refractivity contribution in [2.24, 2.45) is 11.8 Å². The Balaban J connectivity index is 1.75. The molecule has 1 amide bonds. The molecule has 2 atom stereocenters. The van der Waals surface area contributed by atoms with E-state index in [-0.39, 0.29) is 5.92 Å². The van der Waals surface area contributed by atoms with Crippen LogP contribution in [0.25, 0.3) is 0 Å². The minimum Gasteiger partial charge on any atom is -0.342 e. The van der Waals surface area contributed by atoms with Crippen LogP contribution < -0.4 is 5.32 Å². The number of nitrogens with one attached hydrogen (secondary N) is 1. The molecule has 2 aliphatic rings. The summed E-state index contributed by atoms with van der Waals surface area (Å²) in [6.07, 6.45) is 3.90. The molecule has 104 valence electrons. The van der Waals surface area contributed by atoms with Crippen molar-refractivity contribution in [1.82, 2.24) is 15.1 Å². The van der Waals surface area contributed by atoms with Crippen LogP contribution in [0, 0.1) is 11.8 Å². The van der Waals surface area contributed by atoms with Gasteiger partial charge in [0.1, 0.15) is 0 Å². The second-order valence-electron chi connectivity index (χ2n) is 5.91. The molecule has 2 fully saturated rings. The maximum absolute atomic E-state index is 12.2. The van der Waals surface area contributed by atoms with Crippen molar-refractivity contribution in [1.29, 1.82) is 0 Å². The van der Waals surface area contributed by atoms with Gasteiger partial charge >= 0.3 is 0 Å². The number of likely N-dealkylation sites (tertiary alicyclic amines) is 2. The molecule has 2 rings (SSSR count). The molecule has 2 aliphatic heterocycles. The zero-order chi connectivity index (χ0) is 13.0. The van der Waals surface area contributed by atoms with Crippen LogP contribution in [0.15, 0.2) is 0 Å². The van der Waals surface area contributed by atoms with E-state index in [1.807, 2.05) is 14.0 Å². The first-order valence-corrected chi connectivity index (χ1v) is 7.36. The fourth-order valence-corrected chi connectivity index (χ4v) is 3.22. The lowest BCUT2D eigenvalue weighted by atomic mass is 10.1. The van der Waals surface area contributed by atoms with E-state index in [0.29, 0.717) is 11.8 Å². The van der Waals surface area contributed by atoms with Crippen LogP contribution in [-0.2, 0) is 4.79 Å². The fourth-order valence-electron chi connectivity index (χ4n) is 3.22. The van der Waals surface area contributed by atoms with E-state index in [1.165, 1.54) is 38.9 Å². The van der Waals surface area contributed by atoms with E-state index >= 15 is 0 Å². The lowest BCUT2D eigenvalue weighted by Gasteiger charge is -2.22. The molecule has 0 aromatic heterocycles. The van der Waals surface area contributed by atoms with Gasteiger partial charge in [0.25, 0.3) is 0 Å². The molecule has 1 N–H and O–H groups in total. The van der Waals surface area contributed by atoms with E-state index in [9.17, 15) is 4.79 Å². The van der Waals surface area contributed by atoms with E-state index in [4.69, 9.17) is 0 Å². The number of hydrogen-bond acceptors (Lipinski definition) is 3. The van der Waals surface area contributed by atoms with Gasteiger partial charge in [0, 0.05) is 32.1 Å². The fraction of sp³-hybridized carbons (Fsp3) is 0.929. The summed E-state index contributed by atoms with van der Waals surface area (Å²) in [4.78, 5) is 16.8. The van der Waals surface area contributed by atoms with Crippen LogP contribution in [0.5, 0.6) is 0 Å². The highest BCUT2D eigenvalue weighted by Gasteiger charge is 2.30. The first-order chi connectivity index (χ1) is 8.70. The molecule has 0 saturated carbocycles. The number of carbonyl (C=O) groups is 1. The van der Waals surface area contributed by atoms with Crippen LogP contribution in [0.3, 0.4) is 0 Å². The molecule has 0 spiro atoms. The SMILES string of the molecule is CNCC(C)C(=O)N1CCC(CN2CCCC2)C1. The molecule has 0 aromatic carbocycles. The van der Waals surface area contributed by atoms with Crippen LogP contribution in [-0.4, -0.2) is 62.0 Å². The van der Waals surface area contributed by atoms with E-state index < -0.39 is 0 Å². The summed E-state index contributed by atoms with van der Waals surface area (Å²) in [5.41, 5.74) is 0. The number of carbonyl (C=O) groups excluding carboxylic acids is 1. The van der Waals surface area contributed by atoms with Crippen molar-refractivity contribution in [2.45, 2.75) is 26.2 Å². The largest absolute Gasteiger partial charge is 0.342 e. The Morgan fingerprint density at radius 3 is 2.72 bits per heavy atom. The number of nitrogens with zero attached hydrogens (tertiary/aromatic N) is 2. The van der Waals surface area contributed by atoms with Gasteiger partial charge in [-0.3, -0.25) is 4.79 Å². The molecule has 2 heterocycles. The average Bonchev–Trinajstić information content (AvgIpc) is 3.00. The summed E-state index contributed by atoms with van der Waals surface area (Å²) in [5.74, 6) is 1.14. The number of amides is 1. The number of hydrogen-bond donors (Lipinski definition) is 1. The minimum absolute atomic E-state index is 0.112. The number of rotatable bonds is 5. The first-order valence-electron chi connectivity index (χ1n) is 7.36. The predicted octanol–water partition coefficient (Wildman–Crippen LogP) is 0.786. The predicted molar refractivity (Wildman–Crippen MR) is 73.5 cm³/mol. The van der Waals surface area contributed by atoms with Gasteiger partial charge in [0.05, 0.1) is 0 Å². The minimum atomic E-state index is 0.112. The average molecular weight is 253 g/mol. The molecular weight excluding hydrogens is 226 g/mol. The van der Waals surface area contributed by atoms with Crippen molar-refractivity contribution < 1.29 is 4.79 Å². The maximum Gasteiger partial charge on any atom is 0.226 e. The lowest BCUT2D eigenvalue weighted by molar-refractivity contribution is -0.133. The summed E-state index contributed by atoms with van der Waals surface area (Å²) in [6.45, 7) is 8.47. The van der Waals surface area contributed by atoms with Crippen LogP contribution >= 0.6 is 0 Å². The Morgan fingerprint density at radius 1 is 1.33 bits per heavy atom. The Bertz CT molecular complexity index is 276. The van der Waals surface area contributed by atoms with E-state index in [0.717, 1.165) is 19.6 Å². The zero-order valence-electron chi connectivity index (χ0n) is 11.8. The van der Waals surface area contributed by atoms with Crippen LogP contribution in [0.2, 0.25) is 0 Å². The highest BCUT2D eigenvalue weighted by atomic mass is 16.2. The van der Waals surface area contributed by atoms with Crippen molar-refractivity contribution in [3.05, 3.63) is 0 Å². The normalized spacial score (nSPS) is 26.8. The van der Waals surface area contributed by atoms with Gasteiger partial charge in [-0.15, -0.1) is 0 Å². The third-order valence-electron chi connectivity index (χ3n) is 4.24. The molecule has 4 nitrogen and oxygen atoms in total. The van der Waals surface area contributed by atoms with Gasteiger partial charge in [-0.1, -0.05) is 6.92 Å². The van der Waals surface area contributed by atoms with Crippen molar-refractivity contribution >= 4 is 5.91 Å². The summed E-state index contributed by atoms with van der Waals surface area (Å²) >= 11 is 0. The smallest absolute Gasteiger partial charge is 0.226 e. The second-order valence-corrected chi connectivity index (χ2v) is 5.91. The van der Waals surface area contributed by atoms with Gasteiger partial charge in [0.15, 0.2) is 0 Å². The Morgan fingerprint density at radius 2 is 2.06 bits per heavy atom. The molecule has 4 heteroatoms. The topological polar surface area (TPSA) is 35.6 Å². The van der Waals surface area contributed by atoms with Crippen LogP contribution in [0.1, 0.15) is 26.2 Å². The van der Waals surface area contributed by atoms with Crippen molar-refractivity contribution in [3.8, 4) is 0 Å². The maximum atomic E-state index is 12.2. The second kappa shape index (κ2) is 6.53. The molecule has 0 bridgehead atoms. The summed E-state index contributed by atoms with van der Waals surface area (Å²) < 4.78 is 0. The molecule has 18 heavy (non-hydrogen) atoms. The quantitative estimate of drug-likeness (QED) is 0.787. The van der Waals surface area contributed by atoms with Gasteiger partial charge in [-0.05, 0) is 45.3 Å². The van der Waals surface area contributed by atoms with Crippen LogP contribution in [0.4, 0.5) is 0 Å². The Kier molecular flexibility index (Phi) is 5.01. The van der Waals surface area contributed by atoms with Gasteiger partial charge in [-0.25, -0.2) is 0 Å². The summed E-state index contributed by atoms with van der Waals surface area (Å²) in [5, 5.41) is 3.09. The zero-order valence-corrected chi connectivity index (χ0v) is 11.8. The highest BCUT2D eigenvalue weighted by Crippen LogP contribution is 2.21. The van der Waals surface area contributed by atoms with E-state index in [1.54, 1.807) is 0 Å². The van der Waals surface area contributed by atoms with Crippen molar-refractivity contribution in [3.63, 3.8) is 0 Å². The molecule has 2 saturated heterocycles. The van der Waals surface area contributed by atoms with E-state index in [2.05, 4.69) is 15.1 Å². The van der Waals surface area contributed by atoms with Gasteiger partial charge in [0.2, 0.25) is 5.91 Å². The monoisotopic (exact) mass is 253 g/mol. The highest BCUT2D eigenvalue weighted by molar-refractivity contribution is 5.79. The van der Waals surface area contributed by atoms with Gasteiger partial charge < -0.3 is 15.1 Å². The lowest BCUT2D eigenvalue weighted by Crippen LogP contribution is -2.38. The third kappa shape index (κ3) is 3.45. The molecule has 0 radical (unpaired) electrons. The summed E-state index contributed by atoms with van der Waals surface area (Å²) in [7, 11) is 1.91. The third-order valence-corrected chi connectivity index (χ3v) is 4.24. The van der Waals surface area contributed by atoms with Crippen molar-refractivity contribution in [2.75, 3.05) is 46.3 Å². The molecular formula is C14H27N3O. The van der Waals surface area contributed by atoms with Gasteiger partial charge in [-0.2, -0.15) is 0 Å². The molecule has 0 aromatic rings. The first kappa shape index (κ1) is 13.8. The summed E-state index contributed by atoms with van der Waals surface area (Å²) in [6, 6.07) is 0. The standard InChI is InChI=1S/C14H27N3O/c1-12(9-15-2)14(18)17-8-5-13(11-17)10-16-6-3-4-7-16/h12-13,15H,3-11H2,1-2H3.